The average molecular weight is 198 g/mol. The fraction of sp³-hybridized carbons (Fsp3) is 0.727. The average Bonchev–Trinajstić information content (AvgIpc) is 2.14. The standard InChI is InChI=1S/C11H22N2O/c1-4-7-13(8-5-2)9-6-10(3)11(12)14/h3-9H2,1-2H3,(H2,12,14). The maximum Gasteiger partial charge on any atom is 0.244 e. The summed E-state index contributed by atoms with van der Waals surface area (Å²) >= 11 is 0. The maximum absolute atomic E-state index is 10.7. The van der Waals surface area contributed by atoms with Gasteiger partial charge in [-0.05, 0) is 32.4 Å². The molecule has 0 aromatic rings. The molecule has 0 atom stereocenters. The summed E-state index contributed by atoms with van der Waals surface area (Å²) in [6.07, 6.45) is 2.97. The van der Waals surface area contributed by atoms with Crippen LogP contribution in [0.15, 0.2) is 12.2 Å². The van der Waals surface area contributed by atoms with Crippen molar-refractivity contribution >= 4 is 5.91 Å². The second-order valence-corrected chi connectivity index (χ2v) is 3.56. The summed E-state index contributed by atoms with van der Waals surface area (Å²) in [5.41, 5.74) is 5.64. The second kappa shape index (κ2) is 7.56. The van der Waals surface area contributed by atoms with Crippen LogP contribution in [-0.4, -0.2) is 30.4 Å². The Bertz CT molecular complexity index is 184. The highest BCUT2D eigenvalue weighted by Gasteiger charge is 2.06. The van der Waals surface area contributed by atoms with Crippen LogP contribution in [-0.2, 0) is 4.79 Å². The normalized spacial score (nSPS) is 10.5. The van der Waals surface area contributed by atoms with E-state index in [1.54, 1.807) is 0 Å². The van der Waals surface area contributed by atoms with Gasteiger partial charge in [0.05, 0.1) is 0 Å². The van der Waals surface area contributed by atoms with Crippen LogP contribution in [0, 0.1) is 0 Å². The molecular weight excluding hydrogens is 176 g/mol. The zero-order valence-corrected chi connectivity index (χ0v) is 9.38. The highest BCUT2D eigenvalue weighted by atomic mass is 16.1. The Kier molecular flexibility index (Phi) is 7.11. The number of carbonyl (C=O) groups excluding carboxylic acids is 1. The van der Waals surface area contributed by atoms with Gasteiger partial charge in [-0.1, -0.05) is 20.4 Å². The number of primary amides is 1. The minimum absolute atomic E-state index is 0.377. The summed E-state index contributed by atoms with van der Waals surface area (Å²) in [5, 5.41) is 0. The van der Waals surface area contributed by atoms with Crippen molar-refractivity contribution in [3.63, 3.8) is 0 Å². The first-order valence-corrected chi connectivity index (χ1v) is 5.31. The summed E-state index contributed by atoms with van der Waals surface area (Å²) in [6, 6.07) is 0. The molecule has 0 aliphatic carbocycles. The number of rotatable bonds is 8. The van der Waals surface area contributed by atoms with Crippen LogP contribution < -0.4 is 5.73 Å². The van der Waals surface area contributed by atoms with Crippen LogP contribution in [0.3, 0.4) is 0 Å². The van der Waals surface area contributed by atoms with Crippen molar-refractivity contribution in [3.8, 4) is 0 Å². The summed E-state index contributed by atoms with van der Waals surface area (Å²) in [5.74, 6) is -0.377. The molecule has 0 aromatic heterocycles. The summed E-state index contributed by atoms with van der Waals surface area (Å²) < 4.78 is 0. The van der Waals surface area contributed by atoms with E-state index in [4.69, 9.17) is 5.73 Å². The lowest BCUT2D eigenvalue weighted by atomic mass is 10.2. The molecule has 0 rings (SSSR count). The molecule has 0 fully saturated rings. The molecule has 14 heavy (non-hydrogen) atoms. The fourth-order valence-electron chi connectivity index (χ4n) is 1.38. The zero-order chi connectivity index (χ0) is 11.0. The number of nitrogens with zero attached hydrogens (tertiary/aromatic N) is 1. The molecule has 0 bridgehead atoms. The highest BCUT2D eigenvalue weighted by molar-refractivity contribution is 5.91. The lowest BCUT2D eigenvalue weighted by Gasteiger charge is -2.20. The molecule has 0 aliphatic rings. The van der Waals surface area contributed by atoms with Gasteiger partial charge in [-0.25, -0.2) is 0 Å². The SMILES string of the molecule is C=C(CCN(CCC)CCC)C(N)=O. The Morgan fingerprint density at radius 1 is 1.21 bits per heavy atom. The summed E-state index contributed by atoms with van der Waals surface area (Å²) in [7, 11) is 0. The van der Waals surface area contributed by atoms with Gasteiger partial charge in [0, 0.05) is 12.1 Å². The second-order valence-electron chi connectivity index (χ2n) is 3.56. The van der Waals surface area contributed by atoms with E-state index >= 15 is 0 Å². The minimum Gasteiger partial charge on any atom is -0.366 e. The molecule has 0 unspecified atom stereocenters. The van der Waals surface area contributed by atoms with E-state index in [1.807, 2.05) is 0 Å². The van der Waals surface area contributed by atoms with Gasteiger partial charge in [-0.2, -0.15) is 0 Å². The van der Waals surface area contributed by atoms with Crippen molar-refractivity contribution in [3.05, 3.63) is 12.2 Å². The first-order chi connectivity index (χ1) is 6.61. The zero-order valence-electron chi connectivity index (χ0n) is 9.38. The molecule has 1 amide bonds. The van der Waals surface area contributed by atoms with Crippen molar-refractivity contribution in [2.45, 2.75) is 33.1 Å². The molecule has 2 N–H and O–H groups in total. The third-order valence-electron chi connectivity index (χ3n) is 2.16. The molecule has 3 nitrogen and oxygen atoms in total. The van der Waals surface area contributed by atoms with Crippen molar-refractivity contribution in [1.29, 1.82) is 0 Å². The molecule has 0 spiro atoms. The molecule has 0 aromatic carbocycles. The predicted molar refractivity (Wildman–Crippen MR) is 60.0 cm³/mol. The molecule has 82 valence electrons. The number of carbonyl (C=O) groups is 1. The minimum atomic E-state index is -0.377. The van der Waals surface area contributed by atoms with Gasteiger partial charge < -0.3 is 10.6 Å². The van der Waals surface area contributed by atoms with Crippen LogP contribution in [0.4, 0.5) is 0 Å². The van der Waals surface area contributed by atoms with Crippen LogP contribution in [0.1, 0.15) is 33.1 Å². The highest BCUT2D eigenvalue weighted by Crippen LogP contribution is 2.01. The van der Waals surface area contributed by atoms with Gasteiger partial charge in [-0.3, -0.25) is 4.79 Å². The van der Waals surface area contributed by atoms with E-state index in [0.29, 0.717) is 12.0 Å². The fourth-order valence-corrected chi connectivity index (χ4v) is 1.38. The number of hydrogen-bond donors (Lipinski definition) is 1. The molecule has 0 saturated heterocycles. The van der Waals surface area contributed by atoms with E-state index in [-0.39, 0.29) is 5.91 Å². The Hall–Kier alpha value is -0.830. The molecule has 3 heteroatoms. The van der Waals surface area contributed by atoms with Gasteiger partial charge in [0.1, 0.15) is 0 Å². The Morgan fingerprint density at radius 2 is 1.71 bits per heavy atom. The molecule has 0 aliphatic heterocycles. The van der Waals surface area contributed by atoms with E-state index in [2.05, 4.69) is 25.3 Å². The quantitative estimate of drug-likeness (QED) is 0.601. The topological polar surface area (TPSA) is 46.3 Å². The molecular formula is C11H22N2O. The smallest absolute Gasteiger partial charge is 0.244 e. The van der Waals surface area contributed by atoms with Gasteiger partial charge in [-0.15, -0.1) is 0 Å². The maximum atomic E-state index is 10.7. The Morgan fingerprint density at radius 3 is 2.07 bits per heavy atom. The van der Waals surface area contributed by atoms with Crippen LogP contribution in [0.25, 0.3) is 0 Å². The van der Waals surface area contributed by atoms with Crippen molar-refractivity contribution in [1.82, 2.24) is 4.90 Å². The van der Waals surface area contributed by atoms with E-state index in [1.165, 1.54) is 0 Å². The summed E-state index contributed by atoms with van der Waals surface area (Å²) in [4.78, 5) is 13.1. The van der Waals surface area contributed by atoms with E-state index in [0.717, 1.165) is 32.5 Å². The predicted octanol–water partition coefficient (Wildman–Crippen LogP) is 1.54. The molecule has 0 heterocycles. The van der Waals surface area contributed by atoms with Gasteiger partial charge in [0.25, 0.3) is 0 Å². The van der Waals surface area contributed by atoms with Crippen LogP contribution >= 0.6 is 0 Å². The van der Waals surface area contributed by atoms with Crippen molar-refractivity contribution in [2.24, 2.45) is 5.73 Å². The van der Waals surface area contributed by atoms with Crippen LogP contribution in [0.5, 0.6) is 0 Å². The number of hydrogen-bond acceptors (Lipinski definition) is 2. The van der Waals surface area contributed by atoms with Gasteiger partial charge >= 0.3 is 0 Å². The van der Waals surface area contributed by atoms with E-state index in [9.17, 15) is 4.79 Å². The lowest BCUT2D eigenvalue weighted by Crippen LogP contribution is -2.28. The third kappa shape index (κ3) is 5.75. The number of amides is 1. The first kappa shape index (κ1) is 13.2. The number of nitrogens with two attached hydrogens (primary N) is 1. The van der Waals surface area contributed by atoms with Crippen molar-refractivity contribution < 1.29 is 4.79 Å². The van der Waals surface area contributed by atoms with Crippen LogP contribution in [0.2, 0.25) is 0 Å². The van der Waals surface area contributed by atoms with Crippen molar-refractivity contribution in [2.75, 3.05) is 19.6 Å². The lowest BCUT2D eigenvalue weighted by molar-refractivity contribution is -0.114. The largest absolute Gasteiger partial charge is 0.366 e. The molecule has 0 saturated carbocycles. The van der Waals surface area contributed by atoms with Gasteiger partial charge in [0.15, 0.2) is 0 Å². The van der Waals surface area contributed by atoms with E-state index < -0.39 is 0 Å². The summed E-state index contributed by atoms with van der Waals surface area (Å²) in [6.45, 7) is 11.0. The third-order valence-corrected chi connectivity index (χ3v) is 2.16. The Balaban J connectivity index is 3.80. The van der Waals surface area contributed by atoms with Gasteiger partial charge in [0.2, 0.25) is 5.91 Å². The Labute approximate surface area is 87.0 Å². The monoisotopic (exact) mass is 198 g/mol. The molecule has 0 radical (unpaired) electrons. The first-order valence-electron chi connectivity index (χ1n) is 5.31.